The van der Waals surface area contributed by atoms with Crippen LogP contribution in [0.1, 0.15) is 18.4 Å². The molecule has 1 N–H and O–H groups in total. The highest BCUT2D eigenvalue weighted by atomic mass is 16.5. The number of ether oxygens (including phenoxy) is 1. The van der Waals surface area contributed by atoms with E-state index < -0.39 is 12.1 Å². The first kappa shape index (κ1) is 12.5. The molecule has 0 fully saturated rings. The molecule has 1 atom stereocenters. The lowest BCUT2D eigenvalue weighted by molar-refractivity contribution is -0.144. The van der Waals surface area contributed by atoms with E-state index in [1.165, 1.54) is 6.08 Å². The molecule has 0 saturated carbocycles. The monoisotopic (exact) mass is 246 g/mol. The topological polar surface area (TPSA) is 63.6 Å². The normalized spacial score (nSPS) is 18.6. The van der Waals surface area contributed by atoms with E-state index in [1.807, 2.05) is 30.3 Å². The second-order valence-corrected chi connectivity index (χ2v) is 4.21. The van der Waals surface area contributed by atoms with Crippen LogP contribution in [0.15, 0.2) is 42.0 Å². The van der Waals surface area contributed by atoms with Crippen LogP contribution in [-0.2, 0) is 20.9 Å². The number of rotatable bonds is 4. The van der Waals surface area contributed by atoms with Gasteiger partial charge < -0.3 is 9.84 Å². The van der Waals surface area contributed by atoms with Crippen molar-refractivity contribution in [2.75, 3.05) is 0 Å². The van der Waals surface area contributed by atoms with Gasteiger partial charge in [-0.25, -0.2) is 0 Å². The van der Waals surface area contributed by atoms with E-state index in [4.69, 9.17) is 4.74 Å². The van der Waals surface area contributed by atoms with Crippen LogP contribution in [0.25, 0.3) is 0 Å². The number of carbonyl (C=O) groups is 2. The van der Waals surface area contributed by atoms with Gasteiger partial charge in [-0.15, -0.1) is 0 Å². The summed E-state index contributed by atoms with van der Waals surface area (Å²) in [6.07, 6.45) is 0.672. The summed E-state index contributed by atoms with van der Waals surface area (Å²) in [7, 11) is 0. The number of aliphatic hydroxyl groups is 1. The molecule has 1 aliphatic rings. The molecule has 1 aromatic rings. The SMILES string of the molecule is O=C(CC1=C[C@H](O)CC1=O)OCc1ccccc1. The molecule has 0 bridgehead atoms. The Hall–Kier alpha value is -1.94. The van der Waals surface area contributed by atoms with Crippen molar-refractivity contribution in [1.82, 2.24) is 0 Å². The van der Waals surface area contributed by atoms with Crippen LogP contribution in [0.5, 0.6) is 0 Å². The Kier molecular flexibility index (Phi) is 3.89. The summed E-state index contributed by atoms with van der Waals surface area (Å²) in [5, 5.41) is 9.24. The van der Waals surface area contributed by atoms with Gasteiger partial charge in [0.2, 0.25) is 0 Å². The Morgan fingerprint density at radius 2 is 2.06 bits per heavy atom. The highest BCUT2D eigenvalue weighted by molar-refractivity contribution is 6.01. The molecule has 1 aromatic carbocycles. The first-order valence-electron chi connectivity index (χ1n) is 5.76. The maximum absolute atomic E-state index is 11.5. The van der Waals surface area contributed by atoms with E-state index in [0.717, 1.165) is 5.56 Å². The minimum Gasteiger partial charge on any atom is -0.461 e. The summed E-state index contributed by atoms with van der Waals surface area (Å²) in [6, 6.07) is 9.33. The van der Waals surface area contributed by atoms with Crippen LogP contribution in [0.3, 0.4) is 0 Å². The van der Waals surface area contributed by atoms with Crippen LogP contribution in [0.4, 0.5) is 0 Å². The van der Waals surface area contributed by atoms with E-state index >= 15 is 0 Å². The molecule has 94 valence electrons. The molecule has 0 amide bonds. The van der Waals surface area contributed by atoms with E-state index in [0.29, 0.717) is 5.57 Å². The Morgan fingerprint density at radius 3 is 2.67 bits per heavy atom. The standard InChI is InChI=1S/C14H14O4/c15-12-6-11(13(16)8-12)7-14(17)18-9-10-4-2-1-3-5-10/h1-6,12,15H,7-9H2/t12-/m0/s1. The number of aliphatic hydroxyl groups excluding tert-OH is 1. The highest BCUT2D eigenvalue weighted by Gasteiger charge is 2.24. The van der Waals surface area contributed by atoms with Gasteiger partial charge in [0.25, 0.3) is 0 Å². The summed E-state index contributed by atoms with van der Waals surface area (Å²) in [6.45, 7) is 0.198. The van der Waals surface area contributed by atoms with Crippen LogP contribution in [0.2, 0.25) is 0 Å². The minimum absolute atomic E-state index is 0.0667. The van der Waals surface area contributed by atoms with Crippen molar-refractivity contribution in [1.29, 1.82) is 0 Å². The molecule has 0 saturated heterocycles. The molecule has 0 unspecified atom stereocenters. The number of benzene rings is 1. The Balaban J connectivity index is 1.83. The smallest absolute Gasteiger partial charge is 0.310 e. The van der Waals surface area contributed by atoms with Crippen LogP contribution in [-0.4, -0.2) is 23.0 Å². The maximum atomic E-state index is 11.5. The number of carbonyl (C=O) groups excluding carboxylic acids is 2. The zero-order chi connectivity index (χ0) is 13.0. The van der Waals surface area contributed by atoms with Crippen molar-refractivity contribution in [2.45, 2.75) is 25.6 Å². The molecular weight excluding hydrogens is 232 g/mol. The molecule has 0 spiro atoms. The Bertz CT molecular complexity index is 476. The molecule has 4 nitrogen and oxygen atoms in total. The molecule has 2 rings (SSSR count). The summed E-state index contributed by atoms with van der Waals surface area (Å²) in [4.78, 5) is 22.9. The number of hydrogen-bond acceptors (Lipinski definition) is 4. The largest absolute Gasteiger partial charge is 0.461 e. The van der Waals surface area contributed by atoms with E-state index in [-0.39, 0.29) is 25.2 Å². The lowest BCUT2D eigenvalue weighted by atomic mass is 10.1. The van der Waals surface area contributed by atoms with Gasteiger partial charge in [-0.1, -0.05) is 30.3 Å². The molecule has 0 aromatic heterocycles. The molecule has 18 heavy (non-hydrogen) atoms. The second-order valence-electron chi connectivity index (χ2n) is 4.21. The summed E-state index contributed by atoms with van der Waals surface area (Å²) < 4.78 is 5.06. The first-order valence-corrected chi connectivity index (χ1v) is 5.76. The third kappa shape index (κ3) is 3.28. The van der Waals surface area contributed by atoms with Crippen molar-refractivity contribution in [3.8, 4) is 0 Å². The summed E-state index contributed by atoms with van der Waals surface area (Å²) in [5.41, 5.74) is 1.25. The third-order valence-corrected chi connectivity index (χ3v) is 2.72. The van der Waals surface area contributed by atoms with Crippen molar-refractivity contribution in [2.24, 2.45) is 0 Å². The van der Waals surface area contributed by atoms with E-state index in [9.17, 15) is 14.7 Å². The van der Waals surface area contributed by atoms with E-state index in [2.05, 4.69) is 0 Å². The minimum atomic E-state index is -0.755. The third-order valence-electron chi connectivity index (χ3n) is 2.72. The average molecular weight is 246 g/mol. The van der Waals surface area contributed by atoms with Gasteiger partial charge in [0, 0.05) is 12.0 Å². The number of esters is 1. The van der Waals surface area contributed by atoms with Gasteiger partial charge in [-0.2, -0.15) is 0 Å². The predicted molar refractivity (Wildman–Crippen MR) is 64.6 cm³/mol. The molecule has 4 heteroatoms. The quantitative estimate of drug-likeness (QED) is 0.815. The lowest BCUT2D eigenvalue weighted by Crippen LogP contribution is -2.08. The summed E-state index contributed by atoms with van der Waals surface area (Å²) in [5.74, 6) is -0.633. The first-order chi connectivity index (χ1) is 8.65. The molecule has 0 radical (unpaired) electrons. The van der Waals surface area contributed by atoms with Gasteiger partial charge in [0.05, 0.1) is 12.5 Å². The van der Waals surface area contributed by atoms with Gasteiger partial charge >= 0.3 is 5.97 Å². The fourth-order valence-electron chi connectivity index (χ4n) is 1.81. The molecule has 0 aliphatic heterocycles. The molecule has 0 heterocycles. The maximum Gasteiger partial charge on any atom is 0.310 e. The van der Waals surface area contributed by atoms with Gasteiger partial charge in [0.1, 0.15) is 6.61 Å². The highest BCUT2D eigenvalue weighted by Crippen LogP contribution is 2.18. The Morgan fingerprint density at radius 1 is 1.33 bits per heavy atom. The van der Waals surface area contributed by atoms with Gasteiger partial charge in [0.15, 0.2) is 5.78 Å². The zero-order valence-corrected chi connectivity index (χ0v) is 9.83. The van der Waals surface area contributed by atoms with Gasteiger partial charge in [-0.3, -0.25) is 9.59 Å². The van der Waals surface area contributed by atoms with Crippen LogP contribution < -0.4 is 0 Å². The van der Waals surface area contributed by atoms with Crippen molar-refractivity contribution in [3.63, 3.8) is 0 Å². The number of ketones is 1. The Labute approximate surface area is 105 Å². The van der Waals surface area contributed by atoms with Crippen LogP contribution in [0, 0.1) is 0 Å². The lowest BCUT2D eigenvalue weighted by Gasteiger charge is -2.04. The van der Waals surface area contributed by atoms with Crippen molar-refractivity contribution < 1.29 is 19.4 Å². The van der Waals surface area contributed by atoms with E-state index in [1.54, 1.807) is 0 Å². The van der Waals surface area contributed by atoms with Crippen molar-refractivity contribution >= 4 is 11.8 Å². The predicted octanol–water partition coefficient (Wildman–Crippen LogP) is 1.38. The zero-order valence-electron chi connectivity index (χ0n) is 9.83. The van der Waals surface area contributed by atoms with Crippen molar-refractivity contribution in [3.05, 3.63) is 47.5 Å². The average Bonchev–Trinajstić information content (AvgIpc) is 2.67. The van der Waals surface area contributed by atoms with Gasteiger partial charge in [-0.05, 0) is 11.6 Å². The molecule has 1 aliphatic carbocycles. The number of hydrogen-bond donors (Lipinski definition) is 1. The molecular formula is C14H14O4. The van der Waals surface area contributed by atoms with Crippen LogP contribution >= 0.6 is 0 Å². The second kappa shape index (κ2) is 5.60. The number of Topliss-reactive ketones (excluding diaryl/α,β-unsaturated/α-hetero) is 1. The summed E-state index contributed by atoms with van der Waals surface area (Å²) >= 11 is 0. The fraction of sp³-hybridized carbons (Fsp3) is 0.286. The fourth-order valence-corrected chi connectivity index (χ4v) is 1.81.